The Kier molecular flexibility index (Phi) is 4.24. The summed E-state index contributed by atoms with van der Waals surface area (Å²) >= 11 is 0. The first-order chi connectivity index (χ1) is 8.98. The van der Waals surface area contributed by atoms with Gasteiger partial charge in [-0.25, -0.2) is 4.98 Å². The molecule has 1 unspecified atom stereocenters. The molecule has 106 valence electrons. The average molecular weight is 265 g/mol. The Morgan fingerprint density at radius 3 is 2.89 bits per heavy atom. The number of rotatable bonds is 3. The summed E-state index contributed by atoms with van der Waals surface area (Å²) in [4.78, 5) is 16.3. The topological polar surface area (TPSA) is 56.1 Å². The molecule has 1 aromatic rings. The molecule has 5 heteroatoms. The highest BCUT2D eigenvalue weighted by molar-refractivity contribution is 5.06. The standard InChI is InChI=1S/C14H23N3O2/c1-14(2,3)17-9-8-16-12(13(17)18)19-10-11-6-4-5-7-15-11/h8-9,11,15H,4-7,10H2,1-3H3. The van der Waals surface area contributed by atoms with Crippen LogP contribution in [-0.4, -0.2) is 28.7 Å². The predicted octanol–water partition coefficient (Wildman–Crippen LogP) is 1.52. The number of hydrogen-bond acceptors (Lipinski definition) is 4. The molecule has 1 aliphatic rings. The lowest BCUT2D eigenvalue weighted by Gasteiger charge is -2.24. The molecular weight excluding hydrogens is 242 g/mol. The highest BCUT2D eigenvalue weighted by atomic mass is 16.5. The largest absolute Gasteiger partial charge is 0.472 e. The first-order valence-electron chi connectivity index (χ1n) is 6.93. The zero-order chi connectivity index (χ0) is 13.9. The minimum atomic E-state index is -0.263. The van der Waals surface area contributed by atoms with E-state index in [1.54, 1.807) is 17.0 Å². The van der Waals surface area contributed by atoms with E-state index in [2.05, 4.69) is 10.3 Å². The van der Waals surface area contributed by atoms with Crippen LogP contribution in [0.25, 0.3) is 0 Å². The SMILES string of the molecule is CC(C)(C)n1ccnc(OCC2CCCCN2)c1=O. The Balaban J connectivity index is 2.06. The van der Waals surface area contributed by atoms with Gasteiger partial charge in [0.25, 0.3) is 5.88 Å². The van der Waals surface area contributed by atoms with Gasteiger partial charge in [0.2, 0.25) is 0 Å². The van der Waals surface area contributed by atoms with Gasteiger partial charge in [-0.15, -0.1) is 0 Å². The van der Waals surface area contributed by atoms with E-state index >= 15 is 0 Å². The van der Waals surface area contributed by atoms with Crippen LogP contribution in [0, 0.1) is 0 Å². The molecule has 0 amide bonds. The van der Waals surface area contributed by atoms with E-state index in [0.717, 1.165) is 13.0 Å². The predicted molar refractivity (Wildman–Crippen MR) is 74.6 cm³/mol. The number of nitrogens with one attached hydrogen (secondary N) is 1. The van der Waals surface area contributed by atoms with Crippen LogP contribution >= 0.6 is 0 Å². The Morgan fingerprint density at radius 2 is 2.26 bits per heavy atom. The third kappa shape index (κ3) is 3.56. The summed E-state index contributed by atoms with van der Waals surface area (Å²) in [5.74, 6) is 0.199. The van der Waals surface area contributed by atoms with Crippen LogP contribution in [0.1, 0.15) is 40.0 Å². The molecule has 1 saturated heterocycles. The zero-order valence-corrected chi connectivity index (χ0v) is 12.0. The van der Waals surface area contributed by atoms with Crippen LogP contribution in [0.3, 0.4) is 0 Å². The Hall–Kier alpha value is -1.36. The summed E-state index contributed by atoms with van der Waals surface area (Å²) in [5, 5.41) is 3.39. The molecule has 1 N–H and O–H groups in total. The minimum absolute atomic E-state index is 0.161. The zero-order valence-electron chi connectivity index (χ0n) is 12.0. The molecule has 2 rings (SSSR count). The van der Waals surface area contributed by atoms with Gasteiger partial charge in [0, 0.05) is 24.0 Å². The van der Waals surface area contributed by atoms with E-state index in [4.69, 9.17) is 4.74 Å². The lowest BCUT2D eigenvalue weighted by molar-refractivity contribution is 0.225. The van der Waals surface area contributed by atoms with Crippen molar-refractivity contribution in [2.24, 2.45) is 0 Å². The van der Waals surface area contributed by atoms with Crippen molar-refractivity contribution in [3.8, 4) is 5.88 Å². The molecule has 0 radical (unpaired) electrons. The fourth-order valence-corrected chi connectivity index (χ4v) is 2.27. The second-order valence-corrected chi connectivity index (χ2v) is 6.04. The highest BCUT2D eigenvalue weighted by Gasteiger charge is 2.19. The fourth-order valence-electron chi connectivity index (χ4n) is 2.27. The second kappa shape index (κ2) is 5.74. The molecule has 1 aliphatic heterocycles. The number of nitrogens with zero attached hydrogens (tertiary/aromatic N) is 2. The molecule has 1 atom stereocenters. The molecule has 5 nitrogen and oxygen atoms in total. The summed E-state index contributed by atoms with van der Waals surface area (Å²) in [5.41, 5.74) is -0.424. The van der Waals surface area contributed by atoms with Crippen LogP contribution in [0.5, 0.6) is 5.88 Å². The average Bonchev–Trinajstić information content (AvgIpc) is 2.37. The second-order valence-electron chi connectivity index (χ2n) is 6.04. The molecule has 0 saturated carbocycles. The van der Waals surface area contributed by atoms with Gasteiger partial charge in [-0.3, -0.25) is 4.79 Å². The molecule has 0 bridgehead atoms. The highest BCUT2D eigenvalue weighted by Crippen LogP contribution is 2.12. The van der Waals surface area contributed by atoms with Crippen molar-refractivity contribution >= 4 is 0 Å². The molecule has 0 spiro atoms. The molecule has 0 aromatic carbocycles. The van der Waals surface area contributed by atoms with Gasteiger partial charge in [-0.2, -0.15) is 0 Å². The summed E-state index contributed by atoms with van der Waals surface area (Å²) < 4.78 is 7.26. The van der Waals surface area contributed by atoms with Crippen molar-refractivity contribution in [3.63, 3.8) is 0 Å². The maximum Gasteiger partial charge on any atom is 0.313 e. The minimum Gasteiger partial charge on any atom is -0.472 e. The summed E-state index contributed by atoms with van der Waals surface area (Å²) in [6.45, 7) is 7.50. The molecular formula is C14H23N3O2. The van der Waals surface area contributed by atoms with E-state index in [1.807, 2.05) is 20.8 Å². The van der Waals surface area contributed by atoms with Gasteiger partial charge in [-0.05, 0) is 40.2 Å². The van der Waals surface area contributed by atoms with E-state index < -0.39 is 0 Å². The molecule has 1 aromatic heterocycles. The molecule has 0 aliphatic carbocycles. The third-order valence-corrected chi connectivity index (χ3v) is 3.37. The Bertz CT molecular complexity index is 470. The van der Waals surface area contributed by atoms with Crippen LogP contribution < -0.4 is 15.6 Å². The maximum absolute atomic E-state index is 12.2. The first-order valence-corrected chi connectivity index (χ1v) is 6.93. The third-order valence-electron chi connectivity index (χ3n) is 3.37. The van der Waals surface area contributed by atoms with Crippen LogP contribution in [-0.2, 0) is 5.54 Å². The van der Waals surface area contributed by atoms with Crippen LogP contribution in [0.2, 0.25) is 0 Å². The number of piperidine rings is 1. The van der Waals surface area contributed by atoms with Crippen molar-refractivity contribution in [1.82, 2.24) is 14.9 Å². The summed E-state index contributed by atoms with van der Waals surface area (Å²) in [6, 6.07) is 0.332. The van der Waals surface area contributed by atoms with Gasteiger partial charge in [0.05, 0.1) is 0 Å². The van der Waals surface area contributed by atoms with Crippen molar-refractivity contribution in [3.05, 3.63) is 22.7 Å². The Morgan fingerprint density at radius 1 is 1.47 bits per heavy atom. The monoisotopic (exact) mass is 265 g/mol. The lowest BCUT2D eigenvalue weighted by atomic mass is 10.1. The quantitative estimate of drug-likeness (QED) is 0.900. The van der Waals surface area contributed by atoms with Gasteiger partial charge in [0.1, 0.15) is 6.61 Å². The first kappa shape index (κ1) is 14.1. The van der Waals surface area contributed by atoms with E-state index in [9.17, 15) is 4.79 Å². The number of aromatic nitrogens is 2. The van der Waals surface area contributed by atoms with Crippen molar-refractivity contribution in [2.45, 2.75) is 51.6 Å². The normalized spacial score (nSPS) is 20.3. The molecule has 1 fully saturated rings. The van der Waals surface area contributed by atoms with Gasteiger partial charge in [0.15, 0.2) is 0 Å². The van der Waals surface area contributed by atoms with Gasteiger partial charge >= 0.3 is 5.56 Å². The van der Waals surface area contributed by atoms with Gasteiger partial charge in [-0.1, -0.05) is 6.42 Å². The van der Waals surface area contributed by atoms with E-state index in [-0.39, 0.29) is 17.0 Å². The van der Waals surface area contributed by atoms with Crippen molar-refractivity contribution in [2.75, 3.05) is 13.2 Å². The summed E-state index contributed by atoms with van der Waals surface area (Å²) in [7, 11) is 0. The number of hydrogen-bond donors (Lipinski definition) is 1. The van der Waals surface area contributed by atoms with Crippen molar-refractivity contribution < 1.29 is 4.74 Å². The van der Waals surface area contributed by atoms with Gasteiger partial charge < -0.3 is 14.6 Å². The van der Waals surface area contributed by atoms with E-state index in [0.29, 0.717) is 12.6 Å². The maximum atomic E-state index is 12.2. The molecule has 19 heavy (non-hydrogen) atoms. The number of ether oxygens (including phenoxy) is 1. The van der Waals surface area contributed by atoms with Crippen LogP contribution in [0.4, 0.5) is 0 Å². The summed E-state index contributed by atoms with van der Waals surface area (Å²) in [6.07, 6.45) is 6.86. The fraction of sp³-hybridized carbons (Fsp3) is 0.714. The Labute approximate surface area is 114 Å². The van der Waals surface area contributed by atoms with E-state index in [1.165, 1.54) is 12.8 Å². The van der Waals surface area contributed by atoms with Crippen molar-refractivity contribution in [1.29, 1.82) is 0 Å². The lowest BCUT2D eigenvalue weighted by Crippen LogP contribution is -2.40. The smallest absolute Gasteiger partial charge is 0.313 e. The molecule has 2 heterocycles. The van der Waals surface area contributed by atoms with Crippen LogP contribution in [0.15, 0.2) is 17.2 Å².